The van der Waals surface area contributed by atoms with Gasteiger partial charge < -0.3 is 19.7 Å². The van der Waals surface area contributed by atoms with Gasteiger partial charge in [0.2, 0.25) is 5.95 Å². The van der Waals surface area contributed by atoms with E-state index in [1.54, 1.807) is 50.9 Å². The molecule has 1 amide bonds. The van der Waals surface area contributed by atoms with Crippen molar-refractivity contribution in [3.8, 4) is 11.5 Å². The van der Waals surface area contributed by atoms with E-state index in [1.165, 1.54) is 0 Å². The van der Waals surface area contributed by atoms with E-state index in [4.69, 9.17) is 9.47 Å². The number of hydrogen-bond donors (Lipinski definition) is 1. The summed E-state index contributed by atoms with van der Waals surface area (Å²) in [7, 11) is 3.12. The van der Waals surface area contributed by atoms with Gasteiger partial charge in [-0.3, -0.25) is 4.79 Å². The zero-order chi connectivity index (χ0) is 17.6. The van der Waals surface area contributed by atoms with E-state index >= 15 is 0 Å². The number of ether oxygens (including phenoxy) is 2. The lowest BCUT2D eigenvalue weighted by Gasteiger charge is -2.33. The number of amides is 1. The van der Waals surface area contributed by atoms with Crippen LogP contribution in [0.2, 0.25) is 0 Å². The molecule has 0 aliphatic carbocycles. The standard InChI is InChI=1S/C18H22N4O3/c1-24-14-6-7-15(16(11-14)25-2)17(23)21-13-5-3-10-22(12-13)18-19-8-4-9-20-18/h4,6-9,11,13H,3,5,10,12H2,1-2H3,(H,21,23). The summed E-state index contributed by atoms with van der Waals surface area (Å²) in [6, 6.07) is 7.01. The fraction of sp³-hybridized carbons (Fsp3) is 0.389. The average molecular weight is 342 g/mol. The van der Waals surface area contributed by atoms with Crippen molar-refractivity contribution in [2.45, 2.75) is 18.9 Å². The molecule has 1 N–H and O–H groups in total. The average Bonchev–Trinajstić information content (AvgIpc) is 2.68. The third kappa shape index (κ3) is 3.99. The number of carbonyl (C=O) groups is 1. The van der Waals surface area contributed by atoms with Gasteiger partial charge in [0, 0.05) is 37.6 Å². The highest BCUT2D eigenvalue weighted by molar-refractivity contribution is 5.97. The maximum absolute atomic E-state index is 12.7. The van der Waals surface area contributed by atoms with E-state index in [9.17, 15) is 4.79 Å². The van der Waals surface area contributed by atoms with Crippen molar-refractivity contribution in [1.82, 2.24) is 15.3 Å². The van der Waals surface area contributed by atoms with Crippen LogP contribution in [0.1, 0.15) is 23.2 Å². The number of rotatable bonds is 5. The van der Waals surface area contributed by atoms with Gasteiger partial charge in [-0.15, -0.1) is 0 Å². The van der Waals surface area contributed by atoms with Gasteiger partial charge in [-0.1, -0.05) is 0 Å². The number of carbonyl (C=O) groups excluding carboxylic acids is 1. The number of nitrogens with zero attached hydrogens (tertiary/aromatic N) is 3. The molecule has 0 bridgehead atoms. The molecule has 1 fully saturated rings. The number of anilines is 1. The second-order valence-corrected chi connectivity index (χ2v) is 5.87. The van der Waals surface area contributed by atoms with Gasteiger partial charge in [-0.25, -0.2) is 9.97 Å². The van der Waals surface area contributed by atoms with Gasteiger partial charge in [-0.2, -0.15) is 0 Å². The monoisotopic (exact) mass is 342 g/mol. The van der Waals surface area contributed by atoms with Gasteiger partial charge in [-0.05, 0) is 31.0 Å². The summed E-state index contributed by atoms with van der Waals surface area (Å²) >= 11 is 0. The lowest BCUT2D eigenvalue weighted by molar-refractivity contribution is 0.0930. The predicted octanol–water partition coefficient (Wildman–Crippen LogP) is 1.89. The Morgan fingerprint density at radius 3 is 2.76 bits per heavy atom. The molecule has 3 rings (SSSR count). The summed E-state index contributed by atoms with van der Waals surface area (Å²) in [4.78, 5) is 23.3. The third-order valence-electron chi connectivity index (χ3n) is 4.24. The number of hydrogen-bond acceptors (Lipinski definition) is 6. The highest BCUT2D eigenvalue weighted by Crippen LogP contribution is 2.25. The van der Waals surface area contributed by atoms with E-state index in [0.29, 0.717) is 29.6 Å². The van der Waals surface area contributed by atoms with Crippen LogP contribution < -0.4 is 19.7 Å². The Bertz CT molecular complexity index is 724. The van der Waals surface area contributed by atoms with Gasteiger partial charge in [0.05, 0.1) is 19.8 Å². The number of aromatic nitrogens is 2. The third-order valence-corrected chi connectivity index (χ3v) is 4.24. The Kier molecular flexibility index (Phi) is 5.33. The first kappa shape index (κ1) is 17.0. The lowest BCUT2D eigenvalue weighted by atomic mass is 10.0. The molecule has 0 radical (unpaired) electrons. The van der Waals surface area contributed by atoms with E-state index < -0.39 is 0 Å². The Morgan fingerprint density at radius 2 is 2.04 bits per heavy atom. The smallest absolute Gasteiger partial charge is 0.255 e. The number of nitrogens with one attached hydrogen (secondary N) is 1. The van der Waals surface area contributed by atoms with Crippen molar-refractivity contribution >= 4 is 11.9 Å². The highest BCUT2D eigenvalue weighted by atomic mass is 16.5. The first-order valence-corrected chi connectivity index (χ1v) is 8.26. The van der Waals surface area contributed by atoms with E-state index in [-0.39, 0.29) is 11.9 Å². The van der Waals surface area contributed by atoms with Crippen LogP contribution in [0.5, 0.6) is 11.5 Å². The molecule has 132 valence electrons. The normalized spacial score (nSPS) is 17.0. The van der Waals surface area contributed by atoms with Gasteiger partial charge in [0.15, 0.2) is 0 Å². The van der Waals surface area contributed by atoms with E-state index in [2.05, 4.69) is 20.2 Å². The summed E-state index contributed by atoms with van der Waals surface area (Å²) in [5, 5.41) is 3.09. The second-order valence-electron chi connectivity index (χ2n) is 5.87. The molecule has 7 heteroatoms. The maximum Gasteiger partial charge on any atom is 0.255 e. The van der Waals surface area contributed by atoms with Gasteiger partial charge in [0.1, 0.15) is 11.5 Å². The molecule has 25 heavy (non-hydrogen) atoms. The fourth-order valence-electron chi connectivity index (χ4n) is 2.98. The van der Waals surface area contributed by atoms with Crippen LogP contribution in [-0.2, 0) is 0 Å². The highest BCUT2D eigenvalue weighted by Gasteiger charge is 2.24. The summed E-state index contributed by atoms with van der Waals surface area (Å²) in [5.74, 6) is 1.69. The SMILES string of the molecule is COc1ccc(C(=O)NC2CCCN(c3ncccn3)C2)c(OC)c1. The van der Waals surface area contributed by atoms with Crippen LogP contribution in [0, 0.1) is 0 Å². The topological polar surface area (TPSA) is 76.6 Å². The molecular formula is C18H22N4O3. The predicted molar refractivity (Wildman–Crippen MR) is 94.3 cm³/mol. The summed E-state index contributed by atoms with van der Waals surface area (Å²) in [6.45, 7) is 1.58. The minimum atomic E-state index is -0.152. The number of piperidine rings is 1. The van der Waals surface area contributed by atoms with Crippen molar-refractivity contribution in [3.63, 3.8) is 0 Å². The minimum absolute atomic E-state index is 0.0388. The second kappa shape index (κ2) is 7.83. The van der Waals surface area contributed by atoms with Crippen molar-refractivity contribution in [2.75, 3.05) is 32.2 Å². The van der Waals surface area contributed by atoms with Crippen molar-refractivity contribution in [3.05, 3.63) is 42.2 Å². The first-order valence-electron chi connectivity index (χ1n) is 8.26. The van der Waals surface area contributed by atoms with Gasteiger partial charge in [0.25, 0.3) is 5.91 Å². The van der Waals surface area contributed by atoms with Crippen molar-refractivity contribution in [1.29, 1.82) is 0 Å². The molecule has 1 aromatic heterocycles. The van der Waals surface area contributed by atoms with Crippen molar-refractivity contribution < 1.29 is 14.3 Å². The van der Waals surface area contributed by atoms with Crippen molar-refractivity contribution in [2.24, 2.45) is 0 Å². The molecule has 1 aliphatic heterocycles. The van der Waals surface area contributed by atoms with Crippen LogP contribution in [0.3, 0.4) is 0 Å². The molecular weight excluding hydrogens is 320 g/mol. The zero-order valence-electron chi connectivity index (χ0n) is 14.4. The molecule has 1 atom stereocenters. The van der Waals surface area contributed by atoms with Crippen LogP contribution in [0.15, 0.2) is 36.7 Å². The van der Waals surface area contributed by atoms with Crippen LogP contribution in [-0.4, -0.2) is 49.2 Å². The van der Waals surface area contributed by atoms with Crippen LogP contribution in [0.25, 0.3) is 0 Å². The Labute approximate surface area is 147 Å². The Morgan fingerprint density at radius 1 is 1.24 bits per heavy atom. The number of methoxy groups -OCH3 is 2. The van der Waals surface area contributed by atoms with Crippen LogP contribution >= 0.6 is 0 Å². The molecule has 1 aliphatic rings. The molecule has 1 aromatic carbocycles. The van der Waals surface area contributed by atoms with E-state index in [0.717, 1.165) is 19.4 Å². The zero-order valence-corrected chi connectivity index (χ0v) is 14.4. The molecule has 1 unspecified atom stereocenters. The molecule has 2 heterocycles. The number of benzene rings is 1. The lowest BCUT2D eigenvalue weighted by Crippen LogP contribution is -2.48. The quantitative estimate of drug-likeness (QED) is 0.894. The first-order chi connectivity index (χ1) is 12.2. The Hall–Kier alpha value is -2.83. The molecule has 1 saturated heterocycles. The minimum Gasteiger partial charge on any atom is -0.497 e. The molecule has 0 saturated carbocycles. The van der Waals surface area contributed by atoms with E-state index in [1.807, 2.05) is 0 Å². The van der Waals surface area contributed by atoms with Crippen LogP contribution in [0.4, 0.5) is 5.95 Å². The molecule has 7 nitrogen and oxygen atoms in total. The maximum atomic E-state index is 12.7. The summed E-state index contributed by atoms with van der Waals surface area (Å²) < 4.78 is 10.5. The molecule has 0 spiro atoms. The largest absolute Gasteiger partial charge is 0.497 e. The Balaban J connectivity index is 1.68. The molecule has 2 aromatic rings. The summed E-state index contributed by atoms with van der Waals surface area (Å²) in [5.41, 5.74) is 0.497. The fourth-order valence-corrected chi connectivity index (χ4v) is 2.98. The summed E-state index contributed by atoms with van der Waals surface area (Å²) in [6.07, 6.45) is 5.36. The van der Waals surface area contributed by atoms with Gasteiger partial charge >= 0.3 is 0 Å².